The number of rotatable bonds is 3. The molecule has 0 bridgehead atoms. The first-order valence-corrected chi connectivity index (χ1v) is 5.34. The van der Waals surface area contributed by atoms with Gasteiger partial charge in [0.05, 0.1) is 34.2 Å². The molecule has 1 heterocycles. The van der Waals surface area contributed by atoms with Crippen LogP contribution in [0.15, 0.2) is 29.2 Å². The van der Waals surface area contributed by atoms with E-state index in [4.69, 9.17) is 4.74 Å². The van der Waals surface area contributed by atoms with E-state index >= 15 is 0 Å². The summed E-state index contributed by atoms with van der Waals surface area (Å²) in [4.78, 5) is 0.276. The van der Waals surface area contributed by atoms with Crippen LogP contribution in [0.25, 0.3) is 0 Å². The van der Waals surface area contributed by atoms with Crippen LogP contribution in [0.1, 0.15) is 0 Å². The van der Waals surface area contributed by atoms with Crippen molar-refractivity contribution >= 4 is 10.8 Å². The van der Waals surface area contributed by atoms with Gasteiger partial charge in [0.25, 0.3) is 0 Å². The van der Waals surface area contributed by atoms with Crippen LogP contribution in [0.4, 0.5) is 4.39 Å². The van der Waals surface area contributed by atoms with Gasteiger partial charge in [-0.3, -0.25) is 4.21 Å². The van der Waals surface area contributed by atoms with Crippen molar-refractivity contribution in [2.75, 3.05) is 12.4 Å². The van der Waals surface area contributed by atoms with Gasteiger partial charge in [0.15, 0.2) is 0 Å². The average molecular weight is 200 g/mol. The molecule has 0 radical (unpaired) electrons. The fraction of sp³-hybridized carbons (Fsp3) is 0.333. The predicted molar refractivity (Wildman–Crippen MR) is 47.4 cm³/mol. The summed E-state index contributed by atoms with van der Waals surface area (Å²) in [6.07, 6.45) is 0.0699. The lowest BCUT2D eigenvalue weighted by Crippen LogP contribution is -2.05. The van der Waals surface area contributed by atoms with Crippen molar-refractivity contribution in [1.29, 1.82) is 0 Å². The van der Waals surface area contributed by atoms with Crippen molar-refractivity contribution in [3.63, 3.8) is 0 Å². The molecule has 0 saturated carbocycles. The summed E-state index contributed by atoms with van der Waals surface area (Å²) in [6.45, 7) is 0.653. The molecule has 1 aromatic rings. The molecule has 1 aliphatic rings. The lowest BCUT2D eigenvalue weighted by Gasteiger charge is -2.00. The van der Waals surface area contributed by atoms with Crippen molar-refractivity contribution < 1.29 is 13.3 Å². The highest BCUT2D eigenvalue weighted by Crippen LogP contribution is 2.17. The molecule has 1 unspecified atom stereocenters. The van der Waals surface area contributed by atoms with E-state index in [1.165, 1.54) is 6.07 Å². The van der Waals surface area contributed by atoms with Gasteiger partial charge < -0.3 is 4.74 Å². The Morgan fingerprint density at radius 2 is 2.23 bits per heavy atom. The van der Waals surface area contributed by atoms with Crippen LogP contribution < -0.4 is 0 Å². The molecule has 0 aliphatic carbocycles. The summed E-state index contributed by atoms with van der Waals surface area (Å²) in [5.74, 6) is 0.00230. The maximum Gasteiger partial charge on any atom is 0.139 e. The summed E-state index contributed by atoms with van der Waals surface area (Å²) in [5.41, 5.74) is 0. The molecule has 0 aromatic heterocycles. The lowest BCUT2D eigenvalue weighted by atomic mass is 10.3. The third-order valence-electron chi connectivity index (χ3n) is 1.82. The van der Waals surface area contributed by atoms with Crippen molar-refractivity contribution in [3.8, 4) is 0 Å². The molecule has 13 heavy (non-hydrogen) atoms. The summed E-state index contributed by atoms with van der Waals surface area (Å²) in [5, 5.41) is 0. The molecule has 0 amide bonds. The van der Waals surface area contributed by atoms with Crippen LogP contribution in [-0.2, 0) is 15.5 Å². The second-order valence-electron chi connectivity index (χ2n) is 2.90. The fourth-order valence-corrected chi connectivity index (χ4v) is 2.28. The standard InChI is InChI=1S/C9H9FO2S/c10-8-3-1-2-4-9(8)13(11)6-7-5-12-7/h1-4,7H,5-6H2/t7-,13?/m0/s1. The Morgan fingerprint density at radius 1 is 1.54 bits per heavy atom. The second-order valence-corrected chi connectivity index (χ2v) is 4.36. The number of halogens is 1. The first-order chi connectivity index (χ1) is 6.27. The zero-order chi connectivity index (χ0) is 9.26. The fourth-order valence-electron chi connectivity index (χ4n) is 1.05. The van der Waals surface area contributed by atoms with Crippen LogP contribution in [0.3, 0.4) is 0 Å². The number of epoxide rings is 1. The van der Waals surface area contributed by atoms with Gasteiger partial charge in [-0.15, -0.1) is 0 Å². The smallest absolute Gasteiger partial charge is 0.139 e. The molecule has 4 heteroatoms. The molecule has 1 aromatic carbocycles. The largest absolute Gasteiger partial charge is 0.372 e. The highest BCUT2D eigenvalue weighted by atomic mass is 32.2. The molecule has 0 N–H and O–H groups in total. The van der Waals surface area contributed by atoms with Crippen molar-refractivity contribution in [2.24, 2.45) is 0 Å². The van der Waals surface area contributed by atoms with E-state index in [2.05, 4.69) is 0 Å². The van der Waals surface area contributed by atoms with E-state index in [0.717, 1.165) is 0 Å². The van der Waals surface area contributed by atoms with E-state index in [1.807, 2.05) is 0 Å². The first kappa shape index (κ1) is 8.84. The summed E-state index contributed by atoms with van der Waals surface area (Å²) >= 11 is 0. The van der Waals surface area contributed by atoms with Crippen LogP contribution in [0.5, 0.6) is 0 Å². The first-order valence-electron chi connectivity index (χ1n) is 4.02. The molecule has 2 rings (SSSR count). The Balaban J connectivity index is 2.13. The van der Waals surface area contributed by atoms with Crippen molar-refractivity contribution in [2.45, 2.75) is 11.0 Å². The maximum atomic E-state index is 13.1. The highest BCUT2D eigenvalue weighted by molar-refractivity contribution is 7.85. The minimum Gasteiger partial charge on any atom is -0.372 e. The number of hydrogen-bond donors (Lipinski definition) is 0. The predicted octanol–water partition coefficient (Wildman–Crippen LogP) is 1.33. The van der Waals surface area contributed by atoms with Crippen LogP contribution >= 0.6 is 0 Å². The Hall–Kier alpha value is -0.740. The zero-order valence-corrected chi connectivity index (χ0v) is 7.72. The Morgan fingerprint density at radius 3 is 2.85 bits per heavy atom. The summed E-state index contributed by atoms with van der Waals surface area (Å²) < 4.78 is 29.5. The zero-order valence-electron chi connectivity index (χ0n) is 6.90. The van der Waals surface area contributed by atoms with Gasteiger partial charge in [-0.1, -0.05) is 12.1 Å². The number of ether oxygens (including phenoxy) is 1. The van der Waals surface area contributed by atoms with Crippen molar-refractivity contribution in [1.82, 2.24) is 0 Å². The summed E-state index contributed by atoms with van der Waals surface area (Å²) in [7, 11) is -1.26. The molecular weight excluding hydrogens is 191 g/mol. The van der Waals surface area contributed by atoms with E-state index < -0.39 is 16.6 Å². The normalized spacial score (nSPS) is 22.7. The van der Waals surface area contributed by atoms with Crippen molar-refractivity contribution in [3.05, 3.63) is 30.1 Å². The van der Waals surface area contributed by atoms with E-state index in [9.17, 15) is 8.60 Å². The molecular formula is C9H9FO2S. The van der Waals surface area contributed by atoms with E-state index in [1.54, 1.807) is 18.2 Å². The van der Waals surface area contributed by atoms with E-state index in [0.29, 0.717) is 12.4 Å². The Kier molecular flexibility index (Phi) is 2.42. The molecule has 0 spiro atoms. The minimum atomic E-state index is -1.26. The molecule has 2 nitrogen and oxygen atoms in total. The topological polar surface area (TPSA) is 29.6 Å². The van der Waals surface area contributed by atoms with Gasteiger partial charge in [0.2, 0.25) is 0 Å². The van der Waals surface area contributed by atoms with Crippen LogP contribution in [-0.4, -0.2) is 22.7 Å². The van der Waals surface area contributed by atoms with Gasteiger partial charge >= 0.3 is 0 Å². The molecule has 2 atom stereocenters. The van der Waals surface area contributed by atoms with Gasteiger partial charge in [-0.05, 0) is 12.1 Å². The van der Waals surface area contributed by atoms with Gasteiger partial charge in [0, 0.05) is 0 Å². The molecule has 70 valence electrons. The van der Waals surface area contributed by atoms with Gasteiger partial charge in [-0.2, -0.15) is 0 Å². The quantitative estimate of drug-likeness (QED) is 0.689. The Bertz CT molecular complexity index is 336. The number of benzene rings is 1. The maximum absolute atomic E-state index is 13.1. The third kappa shape index (κ3) is 2.14. The Labute approximate surface area is 78.2 Å². The van der Waals surface area contributed by atoms with E-state index in [-0.39, 0.29) is 11.0 Å². The second kappa shape index (κ2) is 3.55. The minimum absolute atomic E-state index is 0.0699. The van der Waals surface area contributed by atoms with Crippen LogP contribution in [0, 0.1) is 5.82 Å². The van der Waals surface area contributed by atoms with Gasteiger partial charge in [0.1, 0.15) is 5.82 Å². The molecule has 1 aliphatic heterocycles. The monoisotopic (exact) mass is 200 g/mol. The van der Waals surface area contributed by atoms with Crippen LogP contribution in [0.2, 0.25) is 0 Å². The number of hydrogen-bond acceptors (Lipinski definition) is 2. The molecule has 1 fully saturated rings. The summed E-state index contributed by atoms with van der Waals surface area (Å²) in [6, 6.07) is 6.14. The average Bonchev–Trinajstić information content (AvgIpc) is 2.89. The SMILES string of the molecule is O=S(C[C@@H]1CO1)c1ccccc1F. The highest BCUT2D eigenvalue weighted by Gasteiger charge is 2.26. The lowest BCUT2D eigenvalue weighted by molar-refractivity contribution is 0.424. The molecule has 1 saturated heterocycles. The third-order valence-corrected chi connectivity index (χ3v) is 3.32. The van der Waals surface area contributed by atoms with Gasteiger partial charge in [-0.25, -0.2) is 4.39 Å².